The number of benzene rings is 2. The van der Waals surface area contributed by atoms with Gasteiger partial charge in [-0.3, -0.25) is 14.5 Å². The molecule has 0 aliphatic carbocycles. The molecule has 182 valence electrons. The lowest BCUT2D eigenvalue weighted by Crippen LogP contribution is -2.32. The van der Waals surface area contributed by atoms with Crippen molar-refractivity contribution in [3.05, 3.63) is 87.3 Å². The normalized spacial score (nSPS) is 15.1. The van der Waals surface area contributed by atoms with E-state index in [0.717, 1.165) is 51.3 Å². The Balaban J connectivity index is 1.49. The number of thioether (sulfide) groups is 1. The molecule has 1 saturated heterocycles. The number of amides is 2. The minimum absolute atomic E-state index is 0.183. The van der Waals surface area contributed by atoms with Crippen LogP contribution in [-0.2, 0) is 4.79 Å². The molecule has 1 aliphatic rings. The van der Waals surface area contributed by atoms with Crippen molar-refractivity contribution < 1.29 is 18.7 Å². The summed E-state index contributed by atoms with van der Waals surface area (Å²) >= 11 is 0.939. The number of nitrogens with zero attached hydrogens (tertiary/aromatic N) is 2. The van der Waals surface area contributed by atoms with Gasteiger partial charge in [0.2, 0.25) is 0 Å². The zero-order valence-electron chi connectivity index (χ0n) is 20.6. The first-order valence-electron chi connectivity index (χ1n) is 11.6. The lowest BCUT2D eigenvalue weighted by molar-refractivity contribution is -0.123. The molecule has 1 fully saturated rings. The molecule has 1 aliphatic heterocycles. The molecule has 0 atom stereocenters. The van der Waals surface area contributed by atoms with Crippen molar-refractivity contribution in [2.45, 2.75) is 40.5 Å². The van der Waals surface area contributed by atoms with E-state index in [1.807, 2.05) is 37.5 Å². The number of carbonyl (C=O) groups excluding carboxylic acids is 2. The van der Waals surface area contributed by atoms with Gasteiger partial charge >= 0.3 is 0 Å². The van der Waals surface area contributed by atoms with Crippen molar-refractivity contribution >= 4 is 29.0 Å². The van der Waals surface area contributed by atoms with Crippen molar-refractivity contribution in [3.8, 4) is 11.4 Å². The summed E-state index contributed by atoms with van der Waals surface area (Å²) in [6, 6.07) is 14.3. The van der Waals surface area contributed by atoms with Crippen LogP contribution in [0.2, 0.25) is 0 Å². The molecule has 0 N–H and O–H groups in total. The molecule has 0 unspecified atom stereocenters. The van der Waals surface area contributed by atoms with Crippen LogP contribution < -0.4 is 4.74 Å². The first-order chi connectivity index (χ1) is 16.7. The van der Waals surface area contributed by atoms with Crippen LogP contribution in [0, 0.1) is 26.6 Å². The second-order valence-corrected chi connectivity index (χ2v) is 10.0. The molecule has 0 bridgehead atoms. The van der Waals surface area contributed by atoms with Crippen molar-refractivity contribution in [3.63, 3.8) is 0 Å². The summed E-state index contributed by atoms with van der Waals surface area (Å²) < 4.78 is 21.3. The van der Waals surface area contributed by atoms with E-state index >= 15 is 0 Å². The molecule has 5 nitrogen and oxygen atoms in total. The molecule has 4 rings (SSSR count). The highest BCUT2D eigenvalue weighted by Gasteiger charge is 2.35. The maximum Gasteiger partial charge on any atom is 0.293 e. The fourth-order valence-corrected chi connectivity index (χ4v) is 5.10. The summed E-state index contributed by atoms with van der Waals surface area (Å²) in [6.45, 7) is 10.5. The second kappa shape index (κ2) is 10.1. The van der Waals surface area contributed by atoms with Crippen molar-refractivity contribution in [1.29, 1.82) is 0 Å². The summed E-state index contributed by atoms with van der Waals surface area (Å²) in [6.07, 6.45) is 1.76. The number of aryl methyl sites for hydroxylation is 2. The number of ether oxygens (including phenoxy) is 1. The fraction of sp³-hybridized carbons (Fsp3) is 0.286. The third-order valence-electron chi connectivity index (χ3n) is 6.08. The molecule has 7 heteroatoms. The smallest absolute Gasteiger partial charge is 0.293 e. The Labute approximate surface area is 209 Å². The van der Waals surface area contributed by atoms with Crippen LogP contribution in [0.5, 0.6) is 5.75 Å². The topological polar surface area (TPSA) is 51.5 Å². The zero-order valence-corrected chi connectivity index (χ0v) is 21.4. The third kappa shape index (κ3) is 5.20. The van der Waals surface area contributed by atoms with Crippen molar-refractivity contribution in [2.24, 2.45) is 0 Å². The Morgan fingerprint density at radius 2 is 1.74 bits per heavy atom. The highest BCUT2D eigenvalue weighted by atomic mass is 32.2. The van der Waals surface area contributed by atoms with Gasteiger partial charge in [0.05, 0.1) is 11.4 Å². The van der Waals surface area contributed by atoms with Crippen LogP contribution in [0.4, 0.5) is 9.18 Å². The van der Waals surface area contributed by atoms with Crippen LogP contribution in [-0.4, -0.2) is 33.8 Å². The Kier molecular flexibility index (Phi) is 7.17. The summed E-state index contributed by atoms with van der Waals surface area (Å²) in [4.78, 5) is 27.2. The first kappa shape index (κ1) is 24.8. The van der Waals surface area contributed by atoms with Gasteiger partial charge in [0.1, 0.15) is 18.2 Å². The summed E-state index contributed by atoms with van der Waals surface area (Å²) in [5.41, 5.74) is 5.73. The number of hydrogen-bond donors (Lipinski definition) is 0. The first-order valence-corrected chi connectivity index (χ1v) is 12.4. The van der Waals surface area contributed by atoms with E-state index in [4.69, 9.17) is 4.74 Å². The summed E-state index contributed by atoms with van der Waals surface area (Å²) in [5, 5.41) is -0.300. The Hall–Kier alpha value is -3.32. The molecule has 0 radical (unpaired) electrons. The number of aromatic nitrogens is 1. The molecular formula is C28H29FN2O3S. The minimum Gasteiger partial charge on any atom is -0.491 e. The second-order valence-electron chi connectivity index (χ2n) is 9.02. The van der Waals surface area contributed by atoms with Gasteiger partial charge in [0.15, 0.2) is 0 Å². The lowest BCUT2D eigenvalue weighted by atomic mass is 10.0. The molecule has 2 heterocycles. The van der Waals surface area contributed by atoms with Crippen LogP contribution in [0.1, 0.15) is 47.8 Å². The molecule has 0 saturated carbocycles. The van der Waals surface area contributed by atoms with Gasteiger partial charge in [-0.05, 0) is 97.6 Å². The fourth-order valence-electron chi connectivity index (χ4n) is 4.25. The predicted octanol–water partition coefficient (Wildman–Crippen LogP) is 6.78. The highest BCUT2D eigenvalue weighted by Crippen LogP contribution is 2.34. The number of halogens is 1. The van der Waals surface area contributed by atoms with Gasteiger partial charge in [-0.2, -0.15) is 0 Å². The largest absolute Gasteiger partial charge is 0.491 e. The van der Waals surface area contributed by atoms with Gasteiger partial charge in [-0.25, -0.2) is 4.39 Å². The standard InChI is InChI=1S/C28H29FN2O3S/c1-17(2)24-11-6-18(3)14-25(24)34-13-12-30-27(32)26(35-28(30)33)16-21-15-19(4)31(20(21)5)23-9-7-22(29)8-10-23/h6-11,14-17H,12-13H2,1-5H3/b26-16-. The molecule has 0 spiro atoms. The van der Waals surface area contributed by atoms with Crippen molar-refractivity contribution in [2.75, 3.05) is 13.2 Å². The van der Waals surface area contributed by atoms with Gasteiger partial charge < -0.3 is 9.30 Å². The Morgan fingerprint density at radius 1 is 1.03 bits per heavy atom. The van der Waals surface area contributed by atoms with Gasteiger partial charge in [-0.1, -0.05) is 26.0 Å². The predicted molar refractivity (Wildman–Crippen MR) is 139 cm³/mol. The Bertz CT molecular complexity index is 1310. The average Bonchev–Trinajstić information content (AvgIpc) is 3.23. The molecule has 1 aromatic heterocycles. The van der Waals surface area contributed by atoms with E-state index in [0.29, 0.717) is 10.8 Å². The molecule has 35 heavy (non-hydrogen) atoms. The van der Waals surface area contributed by atoms with E-state index in [1.54, 1.807) is 18.2 Å². The molecule has 2 amide bonds. The SMILES string of the molecule is Cc1ccc(C(C)C)c(OCCN2C(=O)S/C(=C\c3cc(C)n(-c4ccc(F)cc4)c3C)C2=O)c1. The van der Waals surface area contributed by atoms with Crippen LogP contribution in [0.15, 0.2) is 53.4 Å². The van der Waals surface area contributed by atoms with E-state index in [9.17, 15) is 14.0 Å². The minimum atomic E-state index is -0.316. The monoisotopic (exact) mass is 492 g/mol. The van der Waals surface area contributed by atoms with Gasteiger partial charge in [-0.15, -0.1) is 0 Å². The number of carbonyl (C=O) groups is 2. The number of hydrogen-bond acceptors (Lipinski definition) is 4. The van der Waals surface area contributed by atoms with Crippen molar-refractivity contribution in [1.82, 2.24) is 9.47 Å². The van der Waals surface area contributed by atoms with E-state index < -0.39 is 0 Å². The molecular weight excluding hydrogens is 463 g/mol. The summed E-state index contributed by atoms with van der Waals surface area (Å²) in [7, 11) is 0. The number of rotatable bonds is 7. The molecule has 2 aromatic carbocycles. The maximum absolute atomic E-state index is 13.3. The van der Waals surface area contributed by atoms with E-state index in [-0.39, 0.29) is 30.1 Å². The average molecular weight is 493 g/mol. The van der Waals surface area contributed by atoms with E-state index in [2.05, 4.69) is 26.0 Å². The number of imide groups is 1. The van der Waals surface area contributed by atoms with E-state index in [1.165, 1.54) is 17.0 Å². The molecule has 3 aromatic rings. The summed E-state index contributed by atoms with van der Waals surface area (Å²) in [5.74, 6) is 0.482. The Morgan fingerprint density at radius 3 is 2.43 bits per heavy atom. The zero-order chi connectivity index (χ0) is 25.3. The quantitative estimate of drug-likeness (QED) is 0.341. The third-order valence-corrected chi connectivity index (χ3v) is 6.99. The van der Waals surface area contributed by atoms with Crippen LogP contribution in [0.25, 0.3) is 11.8 Å². The van der Waals surface area contributed by atoms with Crippen LogP contribution >= 0.6 is 11.8 Å². The lowest BCUT2D eigenvalue weighted by Gasteiger charge is -2.17. The van der Waals surface area contributed by atoms with Gasteiger partial charge in [0.25, 0.3) is 11.1 Å². The highest BCUT2D eigenvalue weighted by molar-refractivity contribution is 8.18. The van der Waals surface area contributed by atoms with Crippen LogP contribution in [0.3, 0.4) is 0 Å². The van der Waals surface area contributed by atoms with Gasteiger partial charge in [0, 0.05) is 17.1 Å². The maximum atomic E-state index is 13.3.